The van der Waals surface area contributed by atoms with Gasteiger partial charge >= 0.3 is 0 Å². The fourth-order valence-corrected chi connectivity index (χ4v) is 1.97. The lowest BCUT2D eigenvalue weighted by atomic mass is 10.2. The third-order valence-electron chi connectivity index (χ3n) is 2.47. The van der Waals surface area contributed by atoms with E-state index in [1.54, 1.807) is 14.0 Å². The van der Waals surface area contributed by atoms with Crippen LogP contribution in [0.25, 0.3) is 0 Å². The fraction of sp³-hybridized carbons (Fsp3) is 0.167. The second-order valence-electron chi connectivity index (χ2n) is 3.96. The van der Waals surface area contributed by atoms with E-state index >= 15 is 0 Å². The lowest BCUT2D eigenvalue weighted by molar-refractivity contribution is 0.422. The number of nitrogens with zero attached hydrogens (tertiary/aromatic N) is 2. The SMILES string of the molecule is Cc1nn(C)c(Oc2cc(F)cc(F)c2)c1C(N)=S. The second-order valence-corrected chi connectivity index (χ2v) is 4.40. The predicted molar refractivity (Wildman–Crippen MR) is 70.3 cm³/mol. The standard InChI is InChI=1S/C12H11F2N3OS/c1-6-10(11(15)19)12(17(2)16-6)18-9-4-7(13)3-8(14)5-9/h3-5H,1-2H3,(H2,15,19). The largest absolute Gasteiger partial charge is 0.438 e. The Labute approximate surface area is 113 Å². The van der Waals surface area contributed by atoms with Gasteiger partial charge in [-0.3, -0.25) is 0 Å². The quantitative estimate of drug-likeness (QED) is 0.879. The molecule has 1 aromatic heterocycles. The van der Waals surface area contributed by atoms with Crippen molar-refractivity contribution in [1.82, 2.24) is 9.78 Å². The minimum absolute atomic E-state index is 0.0120. The first-order valence-corrected chi connectivity index (χ1v) is 5.76. The molecule has 0 spiro atoms. The summed E-state index contributed by atoms with van der Waals surface area (Å²) in [5.74, 6) is -1.20. The number of rotatable bonds is 3. The van der Waals surface area contributed by atoms with Gasteiger partial charge in [0.1, 0.15) is 22.4 Å². The summed E-state index contributed by atoms with van der Waals surface area (Å²) in [4.78, 5) is 0.109. The van der Waals surface area contributed by atoms with Gasteiger partial charge in [-0.15, -0.1) is 0 Å². The third kappa shape index (κ3) is 2.70. The van der Waals surface area contributed by atoms with Gasteiger partial charge in [0.05, 0.1) is 11.3 Å². The number of aromatic nitrogens is 2. The molecule has 0 aliphatic heterocycles. The zero-order valence-corrected chi connectivity index (χ0v) is 11.1. The summed E-state index contributed by atoms with van der Waals surface area (Å²) in [6.45, 7) is 1.72. The topological polar surface area (TPSA) is 53.1 Å². The molecule has 7 heteroatoms. The van der Waals surface area contributed by atoms with E-state index in [9.17, 15) is 8.78 Å². The smallest absolute Gasteiger partial charge is 0.228 e. The highest BCUT2D eigenvalue weighted by Gasteiger charge is 2.18. The summed E-state index contributed by atoms with van der Waals surface area (Å²) < 4.78 is 33.1. The fourth-order valence-electron chi connectivity index (χ4n) is 1.74. The van der Waals surface area contributed by atoms with Crippen LogP contribution in [0.1, 0.15) is 11.3 Å². The van der Waals surface area contributed by atoms with Crippen molar-refractivity contribution in [2.24, 2.45) is 12.8 Å². The average molecular weight is 283 g/mol. The van der Waals surface area contributed by atoms with E-state index in [0.29, 0.717) is 11.3 Å². The highest BCUT2D eigenvalue weighted by atomic mass is 32.1. The van der Waals surface area contributed by atoms with Crippen molar-refractivity contribution in [2.75, 3.05) is 0 Å². The second kappa shape index (κ2) is 4.93. The molecule has 0 saturated heterocycles. The van der Waals surface area contributed by atoms with E-state index in [1.807, 2.05) is 0 Å². The number of ether oxygens (including phenoxy) is 1. The molecule has 0 fully saturated rings. The maximum absolute atomic E-state index is 13.1. The lowest BCUT2D eigenvalue weighted by Crippen LogP contribution is -2.11. The Kier molecular flexibility index (Phi) is 3.48. The van der Waals surface area contributed by atoms with Crippen molar-refractivity contribution >= 4 is 17.2 Å². The molecule has 2 rings (SSSR count). The van der Waals surface area contributed by atoms with Gasteiger partial charge in [-0.2, -0.15) is 5.10 Å². The Bertz CT molecular complexity index is 634. The van der Waals surface area contributed by atoms with Crippen LogP contribution in [0.5, 0.6) is 11.6 Å². The highest BCUT2D eigenvalue weighted by molar-refractivity contribution is 7.80. The van der Waals surface area contributed by atoms with Crippen molar-refractivity contribution in [3.8, 4) is 11.6 Å². The molecule has 1 aromatic carbocycles. The first-order chi connectivity index (χ1) is 8.88. The molecule has 0 bridgehead atoms. The van der Waals surface area contributed by atoms with Gasteiger partial charge in [-0.05, 0) is 6.92 Å². The van der Waals surface area contributed by atoms with Crippen LogP contribution in [0.3, 0.4) is 0 Å². The minimum Gasteiger partial charge on any atom is -0.438 e. The van der Waals surface area contributed by atoms with Crippen LogP contribution in [0.2, 0.25) is 0 Å². The summed E-state index contributed by atoms with van der Waals surface area (Å²) in [5.41, 5.74) is 6.62. The highest BCUT2D eigenvalue weighted by Crippen LogP contribution is 2.28. The maximum Gasteiger partial charge on any atom is 0.228 e. The van der Waals surface area contributed by atoms with E-state index < -0.39 is 11.6 Å². The normalized spacial score (nSPS) is 10.5. The molecule has 1 heterocycles. The molecule has 2 aromatic rings. The van der Waals surface area contributed by atoms with Crippen molar-refractivity contribution in [3.05, 3.63) is 41.1 Å². The van der Waals surface area contributed by atoms with Crippen LogP contribution in [0, 0.1) is 18.6 Å². The molecule has 0 unspecified atom stereocenters. The summed E-state index contributed by atoms with van der Waals surface area (Å²) in [6, 6.07) is 2.89. The van der Waals surface area contributed by atoms with Crippen molar-refractivity contribution in [1.29, 1.82) is 0 Å². The van der Waals surface area contributed by atoms with Crippen molar-refractivity contribution in [3.63, 3.8) is 0 Å². The summed E-state index contributed by atoms with van der Waals surface area (Å²) >= 11 is 4.91. The molecule has 2 N–H and O–H groups in total. The molecule has 0 atom stereocenters. The summed E-state index contributed by atoms with van der Waals surface area (Å²) in [6.07, 6.45) is 0. The molecule has 19 heavy (non-hydrogen) atoms. The molecule has 4 nitrogen and oxygen atoms in total. The zero-order valence-electron chi connectivity index (χ0n) is 10.3. The molecule has 0 aliphatic carbocycles. The molecule has 0 amide bonds. The lowest BCUT2D eigenvalue weighted by Gasteiger charge is -2.08. The van der Waals surface area contributed by atoms with Crippen molar-refractivity contribution in [2.45, 2.75) is 6.92 Å². The minimum atomic E-state index is -0.731. The molecule has 0 radical (unpaired) electrons. The van der Waals surface area contributed by atoms with Crippen LogP contribution in [-0.4, -0.2) is 14.8 Å². The predicted octanol–water partition coefficient (Wildman–Crippen LogP) is 2.43. The van der Waals surface area contributed by atoms with Gasteiger partial charge in [0, 0.05) is 25.2 Å². The number of hydrogen-bond acceptors (Lipinski definition) is 3. The van der Waals surface area contributed by atoms with Crippen molar-refractivity contribution < 1.29 is 13.5 Å². The Morgan fingerprint density at radius 1 is 1.32 bits per heavy atom. The van der Waals surface area contributed by atoms with Gasteiger partial charge in [-0.25, -0.2) is 13.5 Å². The zero-order chi connectivity index (χ0) is 14.2. The summed E-state index contributed by atoms with van der Waals surface area (Å²) in [7, 11) is 1.62. The Morgan fingerprint density at radius 2 is 1.89 bits per heavy atom. The van der Waals surface area contributed by atoms with E-state index in [1.165, 1.54) is 4.68 Å². The van der Waals surface area contributed by atoms with E-state index in [2.05, 4.69) is 5.10 Å². The average Bonchev–Trinajstić information content (AvgIpc) is 2.52. The molecule has 0 aliphatic rings. The van der Waals surface area contributed by atoms with Crippen LogP contribution in [-0.2, 0) is 7.05 Å². The van der Waals surface area contributed by atoms with Crippen LogP contribution >= 0.6 is 12.2 Å². The number of hydrogen-bond donors (Lipinski definition) is 1. The number of benzene rings is 1. The Hall–Kier alpha value is -2.02. The number of aryl methyl sites for hydroxylation is 2. The van der Waals surface area contributed by atoms with E-state index in [0.717, 1.165) is 18.2 Å². The van der Waals surface area contributed by atoms with Gasteiger partial charge in [0.2, 0.25) is 5.88 Å². The summed E-state index contributed by atoms with van der Waals surface area (Å²) in [5, 5.41) is 4.11. The van der Waals surface area contributed by atoms with Crippen LogP contribution < -0.4 is 10.5 Å². The monoisotopic (exact) mass is 283 g/mol. The Balaban J connectivity index is 2.46. The molecular formula is C12H11F2N3OS. The number of thiocarbonyl (C=S) groups is 1. The first-order valence-electron chi connectivity index (χ1n) is 5.36. The van der Waals surface area contributed by atoms with Gasteiger partial charge < -0.3 is 10.5 Å². The van der Waals surface area contributed by atoms with Crippen LogP contribution in [0.15, 0.2) is 18.2 Å². The number of halogens is 2. The molecule has 0 saturated carbocycles. The van der Waals surface area contributed by atoms with Gasteiger partial charge in [-0.1, -0.05) is 12.2 Å². The van der Waals surface area contributed by atoms with Gasteiger partial charge in [0.25, 0.3) is 0 Å². The Morgan fingerprint density at radius 3 is 2.42 bits per heavy atom. The van der Waals surface area contributed by atoms with E-state index in [4.69, 9.17) is 22.7 Å². The number of nitrogens with two attached hydrogens (primary N) is 1. The maximum atomic E-state index is 13.1. The first kappa shape index (κ1) is 13.4. The van der Waals surface area contributed by atoms with Gasteiger partial charge in [0.15, 0.2) is 0 Å². The van der Waals surface area contributed by atoms with E-state index in [-0.39, 0.29) is 16.6 Å². The molecular weight excluding hydrogens is 272 g/mol. The molecule has 100 valence electrons. The van der Waals surface area contributed by atoms with Crippen LogP contribution in [0.4, 0.5) is 8.78 Å². The third-order valence-corrected chi connectivity index (χ3v) is 2.67.